The van der Waals surface area contributed by atoms with Crippen LogP contribution >= 0.6 is 0 Å². The highest BCUT2D eigenvalue weighted by molar-refractivity contribution is 6.15. The fourth-order valence-electron chi connectivity index (χ4n) is 4.26. The van der Waals surface area contributed by atoms with Crippen LogP contribution in [0.4, 0.5) is 0 Å². The van der Waals surface area contributed by atoms with Crippen LogP contribution in [0.3, 0.4) is 0 Å². The highest BCUT2D eigenvalue weighted by atomic mass is 16.5. The van der Waals surface area contributed by atoms with Gasteiger partial charge in [0.05, 0.1) is 18.2 Å². The van der Waals surface area contributed by atoms with Crippen molar-refractivity contribution in [1.82, 2.24) is 0 Å². The summed E-state index contributed by atoms with van der Waals surface area (Å²) >= 11 is 0. The Labute approximate surface area is 177 Å². The van der Waals surface area contributed by atoms with Crippen molar-refractivity contribution < 1.29 is 28.2 Å². The first-order valence-corrected chi connectivity index (χ1v) is 9.95. The van der Waals surface area contributed by atoms with Crippen molar-refractivity contribution in [3.63, 3.8) is 0 Å². The standard InChI is InChI=1S/C25H16O6/c26-22-12-18(15-10-14-4-1-2-6-19(14)29-13-15)23-20(30-22)8-7-17-24(27)21(31-25(17)23)11-16-5-3-9-28-16/h1-11,18H,12-13H2. The van der Waals surface area contributed by atoms with E-state index in [0.717, 1.165) is 16.9 Å². The molecule has 3 aliphatic heterocycles. The van der Waals surface area contributed by atoms with E-state index in [0.29, 0.717) is 35.0 Å². The summed E-state index contributed by atoms with van der Waals surface area (Å²) in [6.07, 6.45) is 5.29. The SMILES string of the molecule is O=C1CC(C2=Cc3ccccc3OC2)c2c(ccc3c2OC(=Cc2ccco2)C3=O)O1. The van der Waals surface area contributed by atoms with Gasteiger partial charge in [-0.2, -0.15) is 0 Å². The predicted molar refractivity (Wildman–Crippen MR) is 111 cm³/mol. The number of carbonyl (C=O) groups excluding carboxylic acids is 2. The minimum atomic E-state index is -0.326. The topological polar surface area (TPSA) is 75.0 Å². The van der Waals surface area contributed by atoms with Crippen LogP contribution in [0.15, 0.2) is 70.5 Å². The number of ether oxygens (including phenoxy) is 3. The maximum absolute atomic E-state index is 12.9. The first-order valence-electron chi connectivity index (χ1n) is 9.95. The maximum Gasteiger partial charge on any atom is 0.312 e. The molecule has 6 nitrogen and oxygen atoms in total. The molecule has 2 aromatic carbocycles. The Balaban J connectivity index is 1.46. The molecule has 0 N–H and O–H groups in total. The Morgan fingerprint density at radius 2 is 1.84 bits per heavy atom. The Morgan fingerprint density at radius 1 is 0.935 bits per heavy atom. The Kier molecular flexibility index (Phi) is 3.86. The van der Waals surface area contributed by atoms with E-state index >= 15 is 0 Å². The molecule has 1 atom stereocenters. The summed E-state index contributed by atoms with van der Waals surface area (Å²) in [5.41, 5.74) is 3.02. The molecule has 0 aliphatic carbocycles. The van der Waals surface area contributed by atoms with E-state index < -0.39 is 0 Å². The first-order chi connectivity index (χ1) is 15.2. The molecule has 6 rings (SSSR count). The molecular formula is C25H16O6. The molecule has 0 radical (unpaired) electrons. The van der Waals surface area contributed by atoms with Crippen molar-refractivity contribution >= 4 is 23.9 Å². The van der Waals surface area contributed by atoms with Gasteiger partial charge in [0.2, 0.25) is 5.78 Å². The van der Waals surface area contributed by atoms with Crippen LogP contribution in [-0.4, -0.2) is 18.4 Å². The summed E-state index contributed by atoms with van der Waals surface area (Å²) in [5, 5.41) is 0. The number of allylic oxidation sites excluding steroid dienone is 1. The summed E-state index contributed by atoms with van der Waals surface area (Å²) < 4.78 is 22.7. The van der Waals surface area contributed by atoms with Gasteiger partial charge in [0, 0.05) is 23.1 Å². The summed E-state index contributed by atoms with van der Waals surface area (Å²) in [7, 11) is 0. The molecule has 4 heterocycles. The number of carbonyl (C=O) groups is 2. The quantitative estimate of drug-likeness (QED) is 0.343. The van der Waals surface area contributed by atoms with Crippen LogP contribution < -0.4 is 14.2 Å². The average Bonchev–Trinajstić information content (AvgIpc) is 3.41. The van der Waals surface area contributed by atoms with E-state index in [4.69, 9.17) is 18.6 Å². The fraction of sp³-hybridized carbons (Fsp3) is 0.120. The number of furan rings is 1. The lowest BCUT2D eigenvalue weighted by molar-refractivity contribution is -0.135. The lowest BCUT2D eigenvalue weighted by Crippen LogP contribution is -2.24. The van der Waals surface area contributed by atoms with Crippen molar-refractivity contribution in [2.75, 3.05) is 6.61 Å². The van der Waals surface area contributed by atoms with E-state index in [1.807, 2.05) is 30.3 Å². The maximum atomic E-state index is 12.9. The van der Waals surface area contributed by atoms with Crippen molar-refractivity contribution in [2.24, 2.45) is 0 Å². The molecule has 0 bridgehead atoms. The number of Topliss-reactive ketones (excluding diaryl/α,β-unsaturated/α-hetero) is 1. The van der Waals surface area contributed by atoms with Gasteiger partial charge in [-0.15, -0.1) is 0 Å². The van der Waals surface area contributed by atoms with Crippen LogP contribution in [0, 0.1) is 0 Å². The zero-order valence-electron chi connectivity index (χ0n) is 16.3. The van der Waals surface area contributed by atoms with Gasteiger partial charge in [0.1, 0.15) is 29.6 Å². The second-order valence-electron chi connectivity index (χ2n) is 7.59. The predicted octanol–water partition coefficient (Wildman–Crippen LogP) is 4.76. The molecule has 0 saturated carbocycles. The molecule has 0 saturated heterocycles. The number of ketones is 1. The summed E-state index contributed by atoms with van der Waals surface area (Å²) in [6, 6.07) is 14.5. The highest BCUT2D eigenvalue weighted by Gasteiger charge is 2.39. The largest absolute Gasteiger partial charge is 0.489 e. The smallest absolute Gasteiger partial charge is 0.312 e. The third kappa shape index (κ3) is 2.87. The number of fused-ring (bicyclic) bond motifs is 4. The molecule has 1 aromatic heterocycles. The van der Waals surface area contributed by atoms with Gasteiger partial charge in [-0.3, -0.25) is 9.59 Å². The molecule has 6 heteroatoms. The Hall–Kier alpha value is -4.06. The minimum absolute atomic E-state index is 0.148. The van der Waals surface area contributed by atoms with Gasteiger partial charge in [-0.05, 0) is 42.0 Å². The van der Waals surface area contributed by atoms with Crippen LogP contribution in [0.25, 0.3) is 12.2 Å². The molecule has 3 aliphatic rings. The number of esters is 1. The van der Waals surface area contributed by atoms with Gasteiger partial charge in [-0.1, -0.05) is 18.2 Å². The molecule has 152 valence electrons. The summed E-state index contributed by atoms with van der Waals surface area (Å²) in [4.78, 5) is 25.3. The zero-order valence-corrected chi connectivity index (χ0v) is 16.3. The van der Waals surface area contributed by atoms with Crippen LogP contribution in [-0.2, 0) is 4.79 Å². The van der Waals surface area contributed by atoms with Crippen LogP contribution in [0.1, 0.15) is 39.6 Å². The van der Waals surface area contributed by atoms with Gasteiger partial charge in [0.25, 0.3) is 0 Å². The second kappa shape index (κ2) is 6.74. The normalized spacial score (nSPS) is 20.2. The number of hydrogen-bond donors (Lipinski definition) is 0. The average molecular weight is 412 g/mol. The molecule has 0 spiro atoms. The van der Waals surface area contributed by atoms with E-state index in [1.54, 1.807) is 30.3 Å². The highest BCUT2D eigenvalue weighted by Crippen LogP contribution is 2.50. The van der Waals surface area contributed by atoms with Crippen LogP contribution in [0.5, 0.6) is 17.2 Å². The van der Waals surface area contributed by atoms with E-state index in [1.165, 1.54) is 6.26 Å². The van der Waals surface area contributed by atoms with E-state index in [9.17, 15) is 9.59 Å². The molecule has 1 unspecified atom stereocenters. The number of para-hydroxylation sites is 1. The number of benzene rings is 2. The number of hydrogen-bond acceptors (Lipinski definition) is 6. The molecule has 0 amide bonds. The number of rotatable bonds is 2. The zero-order chi connectivity index (χ0) is 20.9. The van der Waals surface area contributed by atoms with Crippen molar-refractivity contribution in [2.45, 2.75) is 12.3 Å². The molecule has 0 fully saturated rings. The summed E-state index contributed by atoms with van der Waals surface area (Å²) in [5.74, 6) is 1.47. The Morgan fingerprint density at radius 3 is 2.71 bits per heavy atom. The lowest BCUT2D eigenvalue weighted by Gasteiger charge is -2.29. The minimum Gasteiger partial charge on any atom is -0.489 e. The van der Waals surface area contributed by atoms with Crippen molar-refractivity contribution in [3.8, 4) is 17.2 Å². The third-order valence-electron chi connectivity index (χ3n) is 5.70. The van der Waals surface area contributed by atoms with Crippen molar-refractivity contribution in [3.05, 3.63) is 88.6 Å². The first kappa shape index (κ1) is 17.8. The summed E-state index contributed by atoms with van der Waals surface area (Å²) in [6.45, 7) is 0.348. The van der Waals surface area contributed by atoms with Gasteiger partial charge < -0.3 is 18.6 Å². The van der Waals surface area contributed by atoms with Crippen LogP contribution in [0.2, 0.25) is 0 Å². The molecule has 3 aromatic rings. The molecular weight excluding hydrogens is 396 g/mol. The second-order valence-corrected chi connectivity index (χ2v) is 7.59. The monoisotopic (exact) mass is 412 g/mol. The van der Waals surface area contributed by atoms with E-state index in [2.05, 4.69) is 0 Å². The van der Waals surface area contributed by atoms with Gasteiger partial charge in [0.15, 0.2) is 5.76 Å². The fourth-order valence-corrected chi connectivity index (χ4v) is 4.26. The van der Waals surface area contributed by atoms with Gasteiger partial charge in [-0.25, -0.2) is 0 Å². The lowest BCUT2D eigenvalue weighted by atomic mass is 9.83. The van der Waals surface area contributed by atoms with Gasteiger partial charge >= 0.3 is 5.97 Å². The third-order valence-corrected chi connectivity index (χ3v) is 5.70. The Bertz CT molecular complexity index is 1300. The molecule has 31 heavy (non-hydrogen) atoms. The van der Waals surface area contributed by atoms with E-state index in [-0.39, 0.29) is 29.9 Å². The van der Waals surface area contributed by atoms with Crippen molar-refractivity contribution in [1.29, 1.82) is 0 Å².